The van der Waals surface area contributed by atoms with Crippen LogP contribution in [0.1, 0.15) is 43.9 Å². The molecular formula is C29H36N4O5S. The van der Waals surface area contributed by atoms with E-state index in [1.165, 1.54) is 16.7 Å². The van der Waals surface area contributed by atoms with Crippen molar-refractivity contribution in [1.82, 2.24) is 15.5 Å². The highest BCUT2D eigenvalue weighted by atomic mass is 32.2. The van der Waals surface area contributed by atoms with Gasteiger partial charge in [0.25, 0.3) is 5.91 Å². The monoisotopic (exact) mass is 552 g/mol. The SMILES string of the molecule is Cc1ccccc1CNC(=O)[C@H]1N(C(=O)[C@@H](O)[C@H](Cc2ccccc2)NC(=O)OC(C)CC#N)CSC1(C)C. The molecule has 3 amide bonds. The van der Waals surface area contributed by atoms with Crippen molar-refractivity contribution in [2.24, 2.45) is 0 Å². The predicted molar refractivity (Wildman–Crippen MR) is 149 cm³/mol. The number of thioether (sulfide) groups is 1. The van der Waals surface area contributed by atoms with Crippen molar-refractivity contribution < 1.29 is 24.2 Å². The van der Waals surface area contributed by atoms with Crippen LogP contribution in [0.25, 0.3) is 0 Å². The molecule has 9 nitrogen and oxygen atoms in total. The van der Waals surface area contributed by atoms with Gasteiger partial charge in [-0.15, -0.1) is 11.8 Å². The van der Waals surface area contributed by atoms with Crippen molar-refractivity contribution in [2.75, 3.05) is 5.88 Å². The van der Waals surface area contributed by atoms with E-state index < -0.39 is 41.0 Å². The number of ether oxygens (including phenoxy) is 1. The van der Waals surface area contributed by atoms with Crippen molar-refractivity contribution in [3.63, 3.8) is 0 Å². The van der Waals surface area contributed by atoms with Crippen LogP contribution in [0.2, 0.25) is 0 Å². The Labute approximate surface area is 233 Å². The number of aryl methyl sites for hydroxylation is 1. The van der Waals surface area contributed by atoms with Gasteiger partial charge in [-0.05, 0) is 50.8 Å². The molecule has 0 aliphatic carbocycles. The summed E-state index contributed by atoms with van der Waals surface area (Å²) in [6.45, 7) is 7.65. The highest BCUT2D eigenvalue weighted by Crippen LogP contribution is 2.40. The quantitative estimate of drug-likeness (QED) is 0.412. The normalized spacial score (nSPS) is 18.4. The van der Waals surface area contributed by atoms with Crippen LogP contribution in [-0.2, 0) is 27.3 Å². The molecule has 10 heteroatoms. The number of aliphatic hydroxyl groups excluding tert-OH is 1. The Morgan fingerprint density at radius 3 is 2.51 bits per heavy atom. The first-order chi connectivity index (χ1) is 18.5. The molecule has 0 spiro atoms. The zero-order valence-corrected chi connectivity index (χ0v) is 23.5. The van der Waals surface area contributed by atoms with Crippen molar-refractivity contribution in [3.05, 3.63) is 71.3 Å². The minimum atomic E-state index is -1.63. The Kier molecular flexibility index (Phi) is 10.4. The van der Waals surface area contributed by atoms with Crippen molar-refractivity contribution in [3.8, 4) is 6.07 Å². The lowest BCUT2D eigenvalue weighted by Gasteiger charge is -2.33. The van der Waals surface area contributed by atoms with E-state index in [9.17, 15) is 19.5 Å². The Bertz CT molecular complexity index is 1200. The highest BCUT2D eigenvalue weighted by molar-refractivity contribution is 8.00. The molecule has 0 saturated carbocycles. The standard InChI is InChI=1S/C29H36N4O5S/c1-19-10-8-9-13-22(19)17-31-26(35)25-29(3,4)39-18-33(25)27(36)24(34)23(16-21-11-6-5-7-12-21)32-28(37)38-20(2)14-15-30/h5-13,20,23-25,34H,14,16-18H2,1-4H3,(H,31,35)(H,32,37)/t20?,23-,24-,25+/m0/s1. The lowest BCUT2D eigenvalue weighted by Crippen LogP contribution is -2.58. The summed E-state index contributed by atoms with van der Waals surface area (Å²) in [5, 5.41) is 25.6. The number of nitrogens with zero attached hydrogens (tertiary/aromatic N) is 2. The minimum Gasteiger partial charge on any atom is -0.445 e. The van der Waals surface area contributed by atoms with E-state index in [0.29, 0.717) is 6.54 Å². The van der Waals surface area contributed by atoms with Crippen molar-refractivity contribution >= 4 is 29.7 Å². The van der Waals surface area contributed by atoms with Gasteiger partial charge in [0.1, 0.15) is 12.1 Å². The number of rotatable bonds is 10. The summed E-state index contributed by atoms with van der Waals surface area (Å²) in [5.41, 5.74) is 2.82. The third kappa shape index (κ3) is 7.97. The largest absolute Gasteiger partial charge is 0.445 e. The third-order valence-corrected chi connectivity index (χ3v) is 8.09. The van der Waals surface area contributed by atoms with Gasteiger partial charge in [0.2, 0.25) is 5.91 Å². The molecular weight excluding hydrogens is 516 g/mol. The van der Waals surface area contributed by atoms with Crippen LogP contribution in [0.3, 0.4) is 0 Å². The second-order valence-corrected chi connectivity index (χ2v) is 11.8. The third-order valence-electron chi connectivity index (χ3n) is 6.71. The van der Waals surface area contributed by atoms with Gasteiger partial charge >= 0.3 is 6.09 Å². The Morgan fingerprint density at radius 1 is 1.18 bits per heavy atom. The first-order valence-electron chi connectivity index (χ1n) is 12.9. The molecule has 2 aromatic rings. The summed E-state index contributed by atoms with van der Waals surface area (Å²) in [7, 11) is 0. The molecule has 3 N–H and O–H groups in total. The number of amides is 3. The molecule has 2 aromatic carbocycles. The van der Waals surface area contributed by atoms with Crippen LogP contribution in [0.15, 0.2) is 54.6 Å². The number of aliphatic hydroxyl groups is 1. The molecule has 0 aromatic heterocycles. The van der Waals surface area contributed by atoms with Crippen LogP contribution in [0.5, 0.6) is 0 Å². The van der Waals surface area contributed by atoms with Crippen molar-refractivity contribution in [1.29, 1.82) is 5.26 Å². The molecule has 1 heterocycles. The highest BCUT2D eigenvalue weighted by Gasteiger charge is 2.49. The van der Waals surface area contributed by atoms with E-state index in [1.807, 2.05) is 81.4 Å². The summed E-state index contributed by atoms with van der Waals surface area (Å²) in [6, 6.07) is 17.0. The Balaban J connectivity index is 1.78. The molecule has 39 heavy (non-hydrogen) atoms. The number of alkyl carbamates (subject to hydrolysis) is 1. The van der Waals surface area contributed by atoms with Gasteiger partial charge in [0.05, 0.1) is 24.4 Å². The van der Waals surface area contributed by atoms with Crippen molar-refractivity contribution in [2.45, 2.75) is 76.1 Å². The van der Waals surface area contributed by atoms with Crippen LogP contribution < -0.4 is 10.6 Å². The lowest BCUT2D eigenvalue weighted by molar-refractivity contribution is -0.147. The fraction of sp³-hybridized carbons (Fsp3) is 0.448. The van der Waals surface area contributed by atoms with Crippen LogP contribution in [0.4, 0.5) is 4.79 Å². The maximum absolute atomic E-state index is 13.7. The Morgan fingerprint density at radius 2 is 1.85 bits per heavy atom. The number of nitrogens with one attached hydrogen (secondary N) is 2. The molecule has 0 bridgehead atoms. The van der Waals surface area contributed by atoms with Gasteiger partial charge in [-0.2, -0.15) is 5.26 Å². The summed E-state index contributed by atoms with van der Waals surface area (Å²) < 4.78 is 4.62. The minimum absolute atomic E-state index is 0.0115. The van der Waals surface area contributed by atoms with Gasteiger partial charge in [-0.3, -0.25) is 9.59 Å². The molecule has 1 fully saturated rings. The maximum Gasteiger partial charge on any atom is 0.407 e. The topological polar surface area (TPSA) is 132 Å². The number of hydrogen-bond acceptors (Lipinski definition) is 7. The first kappa shape index (κ1) is 30.0. The average Bonchev–Trinajstić information content (AvgIpc) is 3.22. The van der Waals surface area contributed by atoms with E-state index in [2.05, 4.69) is 10.6 Å². The summed E-state index contributed by atoms with van der Waals surface area (Å²) >= 11 is 1.45. The van der Waals surface area contributed by atoms with E-state index >= 15 is 0 Å². The molecule has 0 radical (unpaired) electrons. The zero-order valence-electron chi connectivity index (χ0n) is 22.7. The number of hydrogen-bond donors (Lipinski definition) is 3. The second kappa shape index (κ2) is 13.5. The van der Waals surface area contributed by atoms with E-state index in [0.717, 1.165) is 16.7 Å². The molecule has 1 aliphatic heterocycles. The van der Waals surface area contributed by atoms with E-state index in [-0.39, 0.29) is 24.6 Å². The van der Waals surface area contributed by atoms with Gasteiger partial charge in [0, 0.05) is 11.3 Å². The van der Waals surface area contributed by atoms with Gasteiger partial charge in [0.15, 0.2) is 6.10 Å². The number of nitriles is 1. The van der Waals surface area contributed by atoms with Crippen LogP contribution >= 0.6 is 11.8 Å². The number of carbonyl (C=O) groups excluding carboxylic acids is 3. The predicted octanol–water partition coefficient (Wildman–Crippen LogP) is 3.29. The Hall–Kier alpha value is -3.55. The smallest absolute Gasteiger partial charge is 0.407 e. The van der Waals surface area contributed by atoms with Crippen LogP contribution in [0, 0.1) is 18.3 Å². The first-order valence-corrected chi connectivity index (χ1v) is 13.8. The summed E-state index contributed by atoms with van der Waals surface area (Å²) in [6.07, 6.45) is -2.96. The fourth-order valence-corrected chi connectivity index (χ4v) is 5.63. The van der Waals surface area contributed by atoms with Gasteiger partial charge in [-0.1, -0.05) is 54.6 Å². The molecule has 3 rings (SSSR count). The molecule has 1 unspecified atom stereocenters. The van der Waals surface area contributed by atoms with E-state index in [1.54, 1.807) is 6.92 Å². The fourth-order valence-electron chi connectivity index (χ4n) is 4.49. The van der Waals surface area contributed by atoms with Gasteiger partial charge in [-0.25, -0.2) is 4.79 Å². The lowest BCUT2D eigenvalue weighted by atomic mass is 9.97. The summed E-state index contributed by atoms with van der Waals surface area (Å²) in [4.78, 5) is 41.0. The number of carbonyl (C=O) groups is 3. The average molecular weight is 553 g/mol. The summed E-state index contributed by atoms with van der Waals surface area (Å²) in [5.74, 6) is -0.755. The molecule has 1 aliphatic rings. The van der Waals surface area contributed by atoms with Crippen LogP contribution in [-0.4, -0.2) is 62.8 Å². The number of benzene rings is 2. The molecule has 208 valence electrons. The van der Waals surface area contributed by atoms with E-state index in [4.69, 9.17) is 10.00 Å². The molecule has 4 atom stereocenters. The second-order valence-electron chi connectivity index (χ2n) is 10.2. The zero-order chi connectivity index (χ0) is 28.6. The molecule has 1 saturated heterocycles. The maximum atomic E-state index is 13.7. The van der Waals surface area contributed by atoms with Gasteiger partial charge < -0.3 is 25.4 Å².